The van der Waals surface area contributed by atoms with Gasteiger partial charge in [-0.15, -0.1) is 0 Å². The summed E-state index contributed by atoms with van der Waals surface area (Å²) in [5, 5.41) is 4.11. The van der Waals surface area contributed by atoms with E-state index in [1.54, 1.807) is 16.2 Å². The van der Waals surface area contributed by atoms with Gasteiger partial charge in [0, 0.05) is 19.2 Å². The number of carbonyl (C=O) groups excluding carboxylic acids is 1. The molecule has 0 bridgehead atoms. The van der Waals surface area contributed by atoms with Gasteiger partial charge in [-0.1, -0.05) is 48.5 Å². The Hall–Kier alpha value is -2.39. The summed E-state index contributed by atoms with van der Waals surface area (Å²) < 4.78 is 0. The van der Waals surface area contributed by atoms with Crippen LogP contribution < -0.4 is 0 Å². The van der Waals surface area contributed by atoms with E-state index in [0.29, 0.717) is 6.54 Å². The summed E-state index contributed by atoms with van der Waals surface area (Å²) in [6, 6.07) is 19.9. The molecule has 3 rings (SSSR count). The third-order valence-electron chi connectivity index (χ3n) is 3.59. The van der Waals surface area contributed by atoms with Gasteiger partial charge < -0.3 is 4.90 Å². The van der Waals surface area contributed by atoms with Gasteiger partial charge in [0.2, 0.25) is 0 Å². The molecule has 0 saturated heterocycles. The average Bonchev–Trinajstić information content (AvgIpc) is 3.08. The average molecular weight is 307 g/mol. The van der Waals surface area contributed by atoms with E-state index >= 15 is 0 Å². The zero-order valence-electron chi connectivity index (χ0n) is 12.4. The van der Waals surface area contributed by atoms with Gasteiger partial charge in [-0.05, 0) is 39.6 Å². The molecule has 1 heterocycles. The third-order valence-corrected chi connectivity index (χ3v) is 4.32. The highest BCUT2D eigenvalue weighted by Gasteiger charge is 2.16. The second-order valence-electron chi connectivity index (χ2n) is 5.20. The Balaban J connectivity index is 1.90. The fourth-order valence-corrected chi connectivity index (χ4v) is 3.13. The summed E-state index contributed by atoms with van der Waals surface area (Å²) in [4.78, 5) is 14.6. The van der Waals surface area contributed by atoms with Gasteiger partial charge in [0.05, 0.1) is 0 Å². The molecule has 1 amide bonds. The summed E-state index contributed by atoms with van der Waals surface area (Å²) in [5.74, 6) is 0.0469. The maximum atomic E-state index is 12.8. The summed E-state index contributed by atoms with van der Waals surface area (Å²) in [7, 11) is 1.85. The molecule has 0 aliphatic carbocycles. The lowest BCUT2D eigenvalue weighted by molar-refractivity contribution is 0.0786. The first-order valence-corrected chi connectivity index (χ1v) is 8.11. The number of amides is 1. The Morgan fingerprint density at radius 3 is 2.45 bits per heavy atom. The van der Waals surface area contributed by atoms with Crippen molar-refractivity contribution in [2.45, 2.75) is 6.54 Å². The molecule has 2 nitrogen and oxygen atoms in total. The summed E-state index contributed by atoms with van der Waals surface area (Å²) >= 11 is 1.65. The molecule has 3 heteroatoms. The van der Waals surface area contributed by atoms with Crippen molar-refractivity contribution in [2.75, 3.05) is 7.05 Å². The van der Waals surface area contributed by atoms with E-state index in [-0.39, 0.29) is 5.91 Å². The van der Waals surface area contributed by atoms with Crippen LogP contribution in [0.2, 0.25) is 0 Å². The first-order valence-electron chi connectivity index (χ1n) is 7.16. The maximum absolute atomic E-state index is 12.8. The van der Waals surface area contributed by atoms with E-state index in [1.165, 1.54) is 0 Å². The molecule has 0 N–H and O–H groups in total. The van der Waals surface area contributed by atoms with Crippen molar-refractivity contribution in [1.29, 1.82) is 0 Å². The molecular weight excluding hydrogens is 290 g/mol. The van der Waals surface area contributed by atoms with Crippen molar-refractivity contribution in [1.82, 2.24) is 4.90 Å². The Bertz CT molecular complexity index is 750. The predicted molar refractivity (Wildman–Crippen MR) is 92.0 cm³/mol. The van der Waals surface area contributed by atoms with E-state index < -0.39 is 0 Å². The van der Waals surface area contributed by atoms with E-state index in [4.69, 9.17) is 0 Å². The highest BCUT2D eigenvalue weighted by Crippen LogP contribution is 2.24. The first kappa shape index (κ1) is 14.5. The number of hydrogen-bond donors (Lipinski definition) is 0. The van der Waals surface area contributed by atoms with Gasteiger partial charge >= 0.3 is 0 Å². The maximum Gasteiger partial charge on any atom is 0.254 e. The second kappa shape index (κ2) is 6.58. The van der Waals surface area contributed by atoms with Gasteiger partial charge in [0.1, 0.15) is 0 Å². The van der Waals surface area contributed by atoms with Crippen LogP contribution in [0.3, 0.4) is 0 Å². The van der Waals surface area contributed by atoms with Gasteiger partial charge in [-0.25, -0.2) is 0 Å². The SMILES string of the molecule is CN(Cc1ccsc1)C(=O)c1ccccc1-c1ccccc1. The number of hydrogen-bond acceptors (Lipinski definition) is 2. The fraction of sp³-hybridized carbons (Fsp3) is 0.105. The molecule has 0 saturated carbocycles. The lowest BCUT2D eigenvalue weighted by Gasteiger charge is -2.18. The molecule has 0 spiro atoms. The number of nitrogens with zero attached hydrogens (tertiary/aromatic N) is 1. The number of carbonyl (C=O) groups is 1. The molecule has 110 valence electrons. The van der Waals surface area contributed by atoms with Crippen LogP contribution >= 0.6 is 11.3 Å². The zero-order chi connectivity index (χ0) is 15.4. The quantitative estimate of drug-likeness (QED) is 0.685. The van der Waals surface area contributed by atoms with Crippen LogP contribution in [0.5, 0.6) is 0 Å². The minimum absolute atomic E-state index is 0.0469. The highest BCUT2D eigenvalue weighted by atomic mass is 32.1. The Labute approximate surface area is 134 Å². The Morgan fingerprint density at radius 1 is 1.00 bits per heavy atom. The zero-order valence-corrected chi connectivity index (χ0v) is 13.2. The smallest absolute Gasteiger partial charge is 0.254 e. The Kier molecular flexibility index (Phi) is 4.35. The van der Waals surface area contributed by atoms with E-state index in [0.717, 1.165) is 22.3 Å². The van der Waals surface area contributed by atoms with Crippen molar-refractivity contribution in [3.63, 3.8) is 0 Å². The Morgan fingerprint density at radius 2 is 1.73 bits per heavy atom. The van der Waals surface area contributed by atoms with Crippen LogP contribution in [0.4, 0.5) is 0 Å². The molecule has 0 aliphatic rings. The van der Waals surface area contributed by atoms with Crippen molar-refractivity contribution in [3.05, 3.63) is 82.6 Å². The van der Waals surface area contributed by atoms with Crippen LogP contribution in [-0.4, -0.2) is 17.9 Å². The van der Waals surface area contributed by atoms with E-state index in [2.05, 4.69) is 11.4 Å². The van der Waals surface area contributed by atoms with Gasteiger partial charge in [0.25, 0.3) is 5.91 Å². The third kappa shape index (κ3) is 3.10. The molecule has 0 unspecified atom stereocenters. The van der Waals surface area contributed by atoms with Crippen LogP contribution in [0.25, 0.3) is 11.1 Å². The van der Waals surface area contributed by atoms with Crippen LogP contribution in [0.1, 0.15) is 15.9 Å². The molecule has 3 aromatic rings. The van der Waals surface area contributed by atoms with Gasteiger partial charge in [-0.2, -0.15) is 11.3 Å². The van der Waals surface area contributed by atoms with E-state index in [1.807, 2.05) is 67.0 Å². The molecule has 2 aromatic carbocycles. The van der Waals surface area contributed by atoms with Crippen LogP contribution in [0, 0.1) is 0 Å². The van der Waals surface area contributed by atoms with Crippen LogP contribution in [-0.2, 0) is 6.54 Å². The summed E-state index contributed by atoms with van der Waals surface area (Å²) in [6.45, 7) is 0.630. The fourth-order valence-electron chi connectivity index (χ4n) is 2.47. The monoisotopic (exact) mass is 307 g/mol. The van der Waals surface area contributed by atoms with E-state index in [9.17, 15) is 4.79 Å². The highest BCUT2D eigenvalue weighted by molar-refractivity contribution is 7.07. The number of thiophene rings is 1. The molecule has 0 radical (unpaired) electrons. The van der Waals surface area contributed by atoms with Gasteiger partial charge in [0.15, 0.2) is 0 Å². The van der Waals surface area contributed by atoms with Crippen molar-refractivity contribution in [2.24, 2.45) is 0 Å². The lowest BCUT2D eigenvalue weighted by atomic mass is 9.99. The standard InChI is InChI=1S/C19H17NOS/c1-20(13-15-11-12-22-14-15)19(21)18-10-6-5-9-17(18)16-7-3-2-4-8-16/h2-12,14H,13H2,1H3. The topological polar surface area (TPSA) is 20.3 Å². The molecule has 0 fully saturated rings. The molecule has 0 aliphatic heterocycles. The minimum atomic E-state index is 0.0469. The summed E-state index contributed by atoms with van der Waals surface area (Å²) in [5.41, 5.74) is 3.95. The molecule has 1 aromatic heterocycles. The van der Waals surface area contributed by atoms with Crippen LogP contribution in [0.15, 0.2) is 71.4 Å². The minimum Gasteiger partial charge on any atom is -0.337 e. The molecular formula is C19H17NOS. The number of rotatable bonds is 4. The van der Waals surface area contributed by atoms with Crippen molar-refractivity contribution < 1.29 is 4.79 Å². The summed E-state index contributed by atoms with van der Waals surface area (Å²) in [6.07, 6.45) is 0. The molecule has 22 heavy (non-hydrogen) atoms. The number of benzene rings is 2. The lowest BCUT2D eigenvalue weighted by Crippen LogP contribution is -2.26. The largest absolute Gasteiger partial charge is 0.337 e. The van der Waals surface area contributed by atoms with Crippen molar-refractivity contribution in [3.8, 4) is 11.1 Å². The molecule has 0 atom stereocenters. The first-order chi connectivity index (χ1) is 10.8. The normalized spacial score (nSPS) is 10.4. The van der Waals surface area contributed by atoms with Crippen molar-refractivity contribution >= 4 is 17.2 Å². The second-order valence-corrected chi connectivity index (χ2v) is 5.98. The van der Waals surface area contributed by atoms with Gasteiger partial charge in [-0.3, -0.25) is 4.79 Å². The predicted octanol–water partition coefficient (Wildman–Crippen LogP) is 4.69.